The molecular weight excluding hydrogens is 482 g/mol. The Balaban J connectivity index is 1.48. The molecule has 0 spiro atoms. The molecule has 4 rings (SSSR count). The van der Waals surface area contributed by atoms with Crippen LogP contribution in [-0.2, 0) is 11.8 Å². The number of rotatable bonds is 9. The number of ether oxygens (including phenoxy) is 2. The van der Waals surface area contributed by atoms with Gasteiger partial charge in [-0.15, -0.1) is 11.3 Å². The van der Waals surface area contributed by atoms with Crippen LogP contribution < -0.4 is 14.6 Å². The minimum Gasteiger partial charge on any atom is -0.471 e. The fourth-order valence-electron chi connectivity index (χ4n) is 3.50. The number of aromatic nitrogens is 4. The van der Waals surface area contributed by atoms with Crippen LogP contribution in [0.5, 0.6) is 5.88 Å². The highest BCUT2D eigenvalue weighted by molar-refractivity contribution is 7.99. The molecule has 0 aliphatic carbocycles. The summed E-state index contributed by atoms with van der Waals surface area (Å²) in [6.45, 7) is 5.13. The van der Waals surface area contributed by atoms with Gasteiger partial charge in [-0.05, 0) is 61.0 Å². The summed E-state index contributed by atoms with van der Waals surface area (Å²) in [6, 6.07) is 7.63. The number of pyridine rings is 1. The number of anilines is 1. The van der Waals surface area contributed by atoms with Crippen LogP contribution in [0.15, 0.2) is 64.4 Å². The lowest BCUT2D eigenvalue weighted by atomic mass is 10.0. The van der Waals surface area contributed by atoms with E-state index in [4.69, 9.17) is 9.47 Å². The highest BCUT2D eigenvalue weighted by Crippen LogP contribution is 2.35. The van der Waals surface area contributed by atoms with Crippen molar-refractivity contribution in [3.8, 4) is 17.1 Å². The first-order chi connectivity index (χ1) is 16.9. The zero-order chi connectivity index (χ0) is 24.8. The first kappa shape index (κ1) is 24.8. The van der Waals surface area contributed by atoms with E-state index in [9.17, 15) is 4.79 Å². The maximum Gasteiger partial charge on any atom is 0.280 e. The smallest absolute Gasteiger partial charge is 0.280 e. The second-order valence-corrected chi connectivity index (χ2v) is 9.73. The van der Waals surface area contributed by atoms with E-state index in [0.717, 1.165) is 32.3 Å². The van der Waals surface area contributed by atoms with Gasteiger partial charge in [0.15, 0.2) is 5.13 Å². The molecule has 180 valence electrons. The van der Waals surface area contributed by atoms with Gasteiger partial charge < -0.3 is 9.47 Å². The third-order valence-electron chi connectivity index (χ3n) is 5.14. The van der Waals surface area contributed by atoms with Gasteiger partial charge in [-0.1, -0.05) is 0 Å². The van der Waals surface area contributed by atoms with Crippen molar-refractivity contribution in [2.75, 3.05) is 25.6 Å². The summed E-state index contributed by atoms with van der Waals surface area (Å²) in [6.07, 6.45) is 6.86. The van der Waals surface area contributed by atoms with Crippen LogP contribution in [0.25, 0.3) is 11.3 Å². The number of amides is 1. The van der Waals surface area contributed by atoms with Gasteiger partial charge >= 0.3 is 0 Å². The predicted octanol–water partition coefficient (Wildman–Crippen LogP) is 4.47. The molecule has 0 unspecified atom stereocenters. The van der Waals surface area contributed by atoms with Crippen molar-refractivity contribution in [3.63, 3.8) is 0 Å². The summed E-state index contributed by atoms with van der Waals surface area (Å²) in [5, 5.41) is 6.39. The van der Waals surface area contributed by atoms with E-state index >= 15 is 0 Å². The van der Waals surface area contributed by atoms with Gasteiger partial charge in [0, 0.05) is 40.9 Å². The van der Waals surface area contributed by atoms with Gasteiger partial charge in [0.2, 0.25) is 6.20 Å². The van der Waals surface area contributed by atoms with Crippen LogP contribution in [0.3, 0.4) is 0 Å². The van der Waals surface area contributed by atoms with E-state index in [0.29, 0.717) is 29.8 Å². The molecule has 1 aromatic carbocycles. The Bertz CT molecular complexity index is 1300. The SMILES string of the molecule is COCCOc1c[n+](C)c(Sc2cc(C)c(-c3csc(NC(=O)c4ccncc4)n3)c(C)c2)cn1. The zero-order valence-corrected chi connectivity index (χ0v) is 21.6. The van der Waals surface area contributed by atoms with E-state index < -0.39 is 0 Å². The van der Waals surface area contributed by atoms with E-state index in [2.05, 4.69) is 46.2 Å². The van der Waals surface area contributed by atoms with Gasteiger partial charge in [0.25, 0.3) is 16.8 Å². The maximum atomic E-state index is 12.4. The minimum atomic E-state index is -0.204. The summed E-state index contributed by atoms with van der Waals surface area (Å²) in [5.41, 5.74) is 4.68. The fraction of sp³-hybridized carbons (Fsp3) is 0.240. The van der Waals surface area contributed by atoms with Gasteiger partial charge in [-0.2, -0.15) is 4.57 Å². The van der Waals surface area contributed by atoms with Gasteiger partial charge in [-0.3, -0.25) is 15.1 Å². The lowest BCUT2D eigenvalue weighted by molar-refractivity contribution is -0.709. The first-order valence-electron chi connectivity index (χ1n) is 10.9. The van der Waals surface area contributed by atoms with Crippen molar-refractivity contribution in [1.29, 1.82) is 0 Å². The van der Waals surface area contributed by atoms with Crippen LogP contribution in [0.1, 0.15) is 21.5 Å². The van der Waals surface area contributed by atoms with Crippen LogP contribution in [0.2, 0.25) is 0 Å². The first-order valence-corrected chi connectivity index (χ1v) is 12.6. The van der Waals surface area contributed by atoms with Crippen molar-refractivity contribution in [2.24, 2.45) is 7.05 Å². The molecular formula is C25H26N5O3S2+. The number of thiazole rings is 1. The number of hydrogen-bond acceptors (Lipinski definition) is 8. The summed E-state index contributed by atoms with van der Waals surface area (Å²) in [4.78, 5) is 26.5. The second-order valence-electron chi connectivity index (χ2n) is 7.78. The van der Waals surface area contributed by atoms with Crippen molar-refractivity contribution in [1.82, 2.24) is 15.0 Å². The predicted molar refractivity (Wildman–Crippen MR) is 136 cm³/mol. The molecule has 0 aliphatic heterocycles. The number of benzene rings is 1. The van der Waals surface area contributed by atoms with Gasteiger partial charge in [0.1, 0.15) is 19.9 Å². The third kappa shape index (κ3) is 6.21. The number of carbonyl (C=O) groups excluding carboxylic acids is 1. The Morgan fingerprint density at radius 3 is 2.60 bits per heavy atom. The Morgan fingerprint density at radius 1 is 1.17 bits per heavy atom. The normalized spacial score (nSPS) is 10.9. The van der Waals surface area contributed by atoms with E-state index in [1.165, 1.54) is 11.3 Å². The molecule has 0 fully saturated rings. The van der Waals surface area contributed by atoms with E-state index in [1.54, 1.807) is 43.4 Å². The molecule has 0 saturated carbocycles. The van der Waals surface area contributed by atoms with Crippen LogP contribution in [0.4, 0.5) is 5.13 Å². The Labute approximate surface area is 212 Å². The largest absolute Gasteiger partial charge is 0.471 e. The molecule has 35 heavy (non-hydrogen) atoms. The molecule has 3 aromatic heterocycles. The topological polar surface area (TPSA) is 90.1 Å². The average Bonchev–Trinajstić information content (AvgIpc) is 3.29. The summed E-state index contributed by atoms with van der Waals surface area (Å²) < 4.78 is 12.6. The summed E-state index contributed by atoms with van der Waals surface area (Å²) in [7, 11) is 3.61. The molecule has 1 N–H and O–H groups in total. The maximum absolute atomic E-state index is 12.4. The van der Waals surface area contributed by atoms with Crippen molar-refractivity contribution >= 4 is 34.1 Å². The number of methoxy groups -OCH3 is 1. The third-order valence-corrected chi connectivity index (χ3v) is 6.97. The molecule has 0 saturated heterocycles. The van der Waals surface area contributed by atoms with Gasteiger partial charge in [-0.25, -0.2) is 9.97 Å². The van der Waals surface area contributed by atoms with Crippen LogP contribution in [0, 0.1) is 13.8 Å². The number of aryl methyl sites for hydroxylation is 3. The minimum absolute atomic E-state index is 0.204. The van der Waals surface area contributed by atoms with Gasteiger partial charge in [0.05, 0.1) is 12.3 Å². The standard InChI is InChI=1S/C25H25N5O3S2/c1-16-11-19(35-22-13-27-21(14-30(22)3)33-10-9-32-4)12-17(2)23(16)20-15-34-25(28-20)29-24(31)18-5-7-26-8-6-18/h5-8,11-15H,9-10H2,1-4H3/p+1. The molecule has 3 heterocycles. The highest BCUT2D eigenvalue weighted by atomic mass is 32.2. The molecule has 0 radical (unpaired) electrons. The Morgan fingerprint density at radius 2 is 1.91 bits per heavy atom. The number of carbonyl (C=O) groups is 1. The van der Waals surface area contributed by atoms with E-state index in [1.807, 2.05) is 29.4 Å². The second kappa shape index (κ2) is 11.4. The zero-order valence-electron chi connectivity index (χ0n) is 19.9. The Hall–Kier alpha value is -3.34. The molecule has 0 atom stereocenters. The lowest BCUT2D eigenvalue weighted by Gasteiger charge is -2.10. The molecule has 4 aromatic rings. The Kier molecular flexibility index (Phi) is 8.06. The molecule has 0 bridgehead atoms. The lowest BCUT2D eigenvalue weighted by Crippen LogP contribution is -2.31. The average molecular weight is 509 g/mol. The van der Waals surface area contributed by atoms with Crippen molar-refractivity contribution in [2.45, 2.75) is 23.8 Å². The molecule has 0 aliphatic rings. The highest BCUT2D eigenvalue weighted by Gasteiger charge is 2.17. The number of nitrogens with one attached hydrogen (secondary N) is 1. The quantitative estimate of drug-likeness (QED) is 0.264. The van der Waals surface area contributed by atoms with Crippen LogP contribution in [-0.4, -0.2) is 41.2 Å². The molecule has 8 nitrogen and oxygen atoms in total. The summed E-state index contributed by atoms with van der Waals surface area (Å²) in [5.74, 6) is 0.358. The monoisotopic (exact) mass is 508 g/mol. The van der Waals surface area contributed by atoms with Crippen molar-refractivity contribution < 1.29 is 18.8 Å². The summed E-state index contributed by atoms with van der Waals surface area (Å²) >= 11 is 3.04. The molecule has 10 heteroatoms. The van der Waals surface area contributed by atoms with Crippen LogP contribution >= 0.6 is 23.1 Å². The van der Waals surface area contributed by atoms with Crippen molar-refractivity contribution in [3.05, 3.63) is 71.1 Å². The number of hydrogen-bond donors (Lipinski definition) is 1. The number of nitrogens with zero attached hydrogens (tertiary/aromatic N) is 4. The van der Waals surface area contributed by atoms with E-state index in [-0.39, 0.29) is 5.91 Å². The molecule has 1 amide bonds. The fourth-order valence-corrected chi connectivity index (χ4v) is 5.21.